The molecule has 2 unspecified atom stereocenters. The zero-order valence-electron chi connectivity index (χ0n) is 24.0. The summed E-state index contributed by atoms with van der Waals surface area (Å²) in [4.78, 5) is 48.4. The fraction of sp³-hybridized carbons (Fsp3) is 0.581. The van der Waals surface area contributed by atoms with Gasteiger partial charge in [0.25, 0.3) is 5.91 Å². The van der Waals surface area contributed by atoms with Crippen LogP contribution < -0.4 is 4.90 Å². The number of aliphatic hydroxyl groups is 1. The number of nitrogens with zero attached hydrogens (tertiary/aromatic N) is 3. The van der Waals surface area contributed by atoms with E-state index in [2.05, 4.69) is 20.1 Å². The van der Waals surface area contributed by atoms with Crippen LogP contribution in [-0.2, 0) is 14.4 Å². The summed E-state index contributed by atoms with van der Waals surface area (Å²) in [5.74, 6) is -1.56. The lowest BCUT2D eigenvalue weighted by molar-refractivity contribution is -0.146. The van der Waals surface area contributed by atoms with Crippen molar-refractivity contribution in [3.63, 3.8) is 0 Å². The molecule has 212 valence electrons. The molecule has 3 saturated heterocycles. The van der Waals surface area contributed by atoms with E-state index in [0.717, 1.165) is 29.7 Å². The molecule has 0 saturated carbocycles. The van der Waals surface area contributed by atoms with E-state index in [1.807, 2.05) is 39.0 Å². The number of thioether (sulfide) groups is 1. The van der Waals surface area contributed by atoms with Crippen LogP contribution in [0.4, 0.5) is 5.69 Å². The van der Waals surface area contributed by atoms with Crippen molar-refractivity contribution in [3.8, 4) is 0 Å². The zero-order valence-corrected chi connectivity index (χ0v) is 24.8. The number of fused-ring (bicyclic) bond motifs is 1. The Hall–Kier alpha value is -2.58. The Kier molecular flexibility index (Phi) is 8.39. The second-order valence-electron chi connectivity index (χ2n) is 11.6. The average molecular weight is 554 g/mol. The number of aryl methyl sites for hydroxylation is 2. The molecule has 2 bridgehead atoms. The number of amides is 3. The van der Waals surface area contributed by atoms with Crippen LogP contribution in [0.15, 0.2) is 43.5 Å². The Labute approximate surface area is 237 Å². The van der Waals surface area contributed by atoms with Crippen molar-refractivity contribution in [3.05, 3.63) is 54.6 Å². The minimum atomic E-state index is -0.792. The summed E-state index contributed by atoms with van der Waals surface area (Å²) in [5, 5.41) is 10.2. The maximum absolute atomic E-state index is 14.7. The van der Waals surface area contributed by atoms with Crippen LogP contribution in [-0.4, -0.2) is 80.4 Å². The van der Waals surface area contributed by atoms with E-state index < -0.39 is 33.4 Å². The highest BCUT2D eigenvalue weighted by Gasteiger charge is 2.77. The maximum Gasteiger partial charge on any atom is 0.251 e. The highest BCUT2D eigenvalue weighted by molar-refractivity contribution is 8.02. The molecule has 3 aliphatic heterocycles. The molecule has 0 radical (unpaired) electrons. The van der Waals surface area contributed by atoms with Gasteiger partial charge < -0.3 is 19.8 Å². The number of carbonyl (C=O) groups excluding carboxylic acids is 3. The molecule has 3 amide bonds. The third kappa shape index (κ3) is 4.53. The predicted molar refractivity (Wildman–Crippen MR) is 158 cm³/mol. The van der Waals surface area contributed by atoms with Gasteiger partial charge in [-0.3, -0.25) is 14.4 Å². The van der Waals surface area contributed by atoms with Gasteiger partial charge in [-0.25, -0.2) is 0 Å². The summed E-state index contributed by atoms with van der Waals surface area (Å²) in [7, 11) is 0. The Morgan fingerprint density at radius 1 is 1.18 bits per heavy atom. The monoisotopic (exact) mass is 553 g/mol. The van der Waals surface area contributed by atoms with Crippen molar-refractivity contribution in [1.82, 2.24) is 9.80 Å². The molecule has 7 nitrogen and oxygen atoms in total. The van der Waals surface area contributed by atoms with Gasteiger partial charge in [0.05, 0.1) is 29.2 Å². The molecule has 3 heterocycles. The third-order valence-corrected chi connectivity index (χ3v) is 10.9. The normalized spacial score (nSPS) is 29.7. The average Bonchev–Trinajstić information content (AvgIpc) is 3.47. The van der Waals surface area contributed by atoms with Gasteiger partial charge in [-0.2, -0.15) is 0 Å². The first-order chi connectivity index (χ1) is 18.5. The van der Waals surface area contributed by atoms with Crippen LogP contribution in [0.3, 0.4) is 0 Å². The van der Waals surface area contributed by atoms with Crippen LogP contribution >= 0.6 is 11.8 Å². The van der Waals surface area contributed by atoms with Gasteiger partial charge in [-0.05, 0) is 58.1 Å². The van der Waals surface area contributed by atoms with E-state index >= 15 is 0 Å². The lowest BCUT2D eigenvalue weighted by atomic mass is 9.66. The number of para-hydroxylation sites is 1. The van der Waals surface area contributed by atoms with Crippen molar-refractivity contribution >= 4 is 35.2 Å². The molecule has 1 aromatic rings. The van der Waals surface area contributed by atoms with Crippen molar-refractivity contribution in [2.75, 3.05) is 31.1 Å². The van der Waals surface area contributed by atoms with Gasteiger partial charge in [0, 0.05) is 30.1 Å². The van der Waals surface area contributed by atoms with E-state index in [9.17, 15) is 19.5 Å². The standard InChI is InChI=1S/C31H43N3O4S/c1-8-16-32(17-9-2)27(36)23-24-28(37)34(22(6)19-35)26(31(24)15-14-30(23,7)39-31)29(38)33(18-10-3)25-20(4)12-11-13-21(25)5/h8,10-13,22-24,26,35H,1,3,9,14-19H2,2,4-7H3/t22-,23-,24+,26?,30+,31?/m1/s1. The number of likely N-dealkylation sites (tertiary alicyclic amines) is 1. The minimum Gasteiger partial charge on any atom is -0.394 e. The summed E-state index contributed by atoms with van der Waals surface area (Å²) in [6.07, 6.45) is 5.67. The molecule has 39 heavy (non-hydrogen) atoms. The smallest absolute Gasteiger partial charge is 0.251 e. The van der Waals surface area contributed by atoms with Gasteiger partial charge in [-0.15, -0.1) is 24.9 Å². The Balaban J connectivity index is 1.85. The molecule has 1 N–H and O–H groups in total. The van der Waals surface area contributed by atoms with Crippen molar-refractivity contribution in [2.45, 2.75) is 75.5 Å². The van der Waals surface area contributed by atoms with Crippen molar-refractivity contribution in [1.29, 1.82) is 0 Å². The first-order valence-electron chi connectivity index (χ1n) is 14.0. The summed E-state index contributed by atoms with van der Waals surface area (Å²) in [5.41, 5.74) is 2.75. The largest absolute Gasteiger partial charge is 0.394 e. The number of hydrogen-bond acceptors (Lipinski definition) is 5. The molecule has 1 spiro atoms. The first-order valence-corrected chi connectivity index (χ1v) is 14.9. The number of anilines is 1. The molecular formula is C31H43N3O4S. The van der Waals surface area contributed by atoms with Crippen molar-refractivity contribution in [2.24, 2.45) is 11.8 Å². The molecule has 4 rings (SSSR count). The number of rotatable bonds is 11. The fourth-order valence-corrected chi connectivity index (χ4v) is 9.62. The molecule has 6 atom stereocenters. The number of aliphatic hydroxyl groups excluding tert-OH is 1. The molecular weight excluding hydrogens is 510 g/mol. The minimum absolute atomic E-state index is 0.0333. The third-order valence-electron chi connectivity index (χ3n) is 8.90. The molecule has 8 heteroatoms. The van der Waals surface area contributed by atoms with E-state index in [1.54, 1.807) is 45.5 Å². The van der Waals surface area contributed by atoms with Crippen molar-refractivity contribution < 1.29 is 19.5 Å². The number of benzene rings is 1. The van der Waals surface area contributed by atoms with Gasteiger partial charge in [0.15, 0.2) is 0 Å². The van der Waals surface area contributed by atoms with E-state index in [-0.39, 0.29) is 24.3 Å². The zero-order chi connectivity index (χ0) is 28.7. The summed E-state index contributed by atoms with van der Waals surface area (Å²) < 4.78 is -1.19. The molecule has 3 fully saturated rings. The Bertz CT molecular complexity index is 1150. The van der Waals surface area contributed by atoms with E-state index in [4.69, 9.17) is 0 Å². The van der Waals surface area contributed by atoms with Crippen LogP contribution in [0, 0.1) is 25.7 Å². The molecule has 0 aromatic heterocycles. The highest BCUT2D eigenvalue weighted by atomic mass is 32.2. The topological polar surface area (TPSA) is 81.2 Å². The second-order valence-corrected chi connectivity index (χ2v) is 13.5. The predicted octanol–water partition coefficient (Wildman–Crippen LogP) is 4.11. The van der Waals surface area contributed by atoms with E-state index in [1.165, 1.54) is 0 Å². The quantitative estimate of drug-likeness (QED) is 0.417. The SMILES string of the molecule is C=CCN(CCC)C(=O)[C@H]1[C@H]2C(=O)N([C@H](C)CO)C(C(=O)N(CC=C)c3c(C)cccc3C)C23CC[C@]1(C)S3. The molecule has 0 aliphatic carbocycles. The van der Waals surface area contributed by atoms with Crippen LogP contribution in [0.2, 0.25) is 0 Å². The summed E-state index contributed by atoms with van der Waals surface area (Å²) in [6, 6.07) is 4.58. The van der Waals surface area contributed by atoms with Gasteiger partial charge in [0.1, 0.15) is 6.04 Å². The Morgan fingerprint density at radius 3 is 2.38 bits per heavy atom. The van der Waals surface area contributed by atoms with Gasteiger partial charge in [-0.1, -0.05) is 37.3 Å². The Morgan fingerprint density at radius 2 is 1.82 bits per heavy atom. The van der Waals surface area contributed by atoms with E-state index in [0.29, 0.717) is 26.1 Å². The van der Waals surface area contributed by atoms with Gasteiger partial charge >= 0.3 is 0 Å². The van der Waals surface area contributed by atoms with Crippen LogP contribution in [0.25, 0.3) is 0 Å². The lowest BCUT2D eigenvalue weighted by Crippen LogP contribution is -2.57. The molecule has 3 aliphatic rings. The fourth-order valence-electron chi connectivity index (χ4n) is 7.29. The summed E-state index contributed by atoms with van der Waals surface area (Å²) >= 11 is 1.66. The number of hydrogen-bond donors (Lipinski definition) is 1. The summed E-state index contributed by atoms with van der Waals surface area (Å²) in [6.45, 7) is 18.7. The molecule has 1 aromatic carbocycles. The second kappa shape index (κ2) is 11.1. The maximum atomic E-state index is 14.7. The number of carbonyl (C=O) groups is 3. The highest BCUT2D eigenvalue weighted by Crippen LogP contribution is 2.72. The van der Waals surface area contributed by atoms with Crippen LogP contribution in [0.1, 0.15) is 51.2 Å². The first kappa shape index (κ1) is 29.4. The van der Waals surface area contributed by atoms with Gasteiger partial charge in [0.2, 0.25) is 11.8 Å². The lowest BCUT2D eigenvalue weighted by Gasteiger charge is -2.39. The van der Waals surface area contributed by atoms with Crippen LogP contribution in [0.5, 0.6) is 0 Å².